The maximum atomic E-state index is 12.8. The highest BCUT2D eigenvalue weighted by Crippen LogP contribution is 2.31. The van der Waals surface area contributed by atoms with E-state index in [1.807, 2.05) is 58.9 Å². The minimum Gasteiger partial charge on any atom is -0.489 e. The lowest BCUT2D eigenvalue weighted by Gasteiger charge is -2.35. The molecule has 1 amide bonds. The van der Waals surface area contributed by atoms with E-state index < -0.39 is 11.3 Å². The van der Waals surface area contributed by atoms with Crippen LogP contribution in [0.4, 0.5) is 4.79 Å². The second-order valence-electron chi connectivity index (χ2n) is 9.10. The number of rotatable bonds is 5. The summed E-state index contributed by atoms with van der Waals surface area (Å²) in [7, 11) is 0. The Morgan fingerprint density at radius 3 is 2.32 bits per heavy atom. The van der Waals surface area contributed by atoms with Crippen molar-refractivity contribution in [2.45, 2.75) is 65.0 Å². The summed E-state index contributed by atoms with van der Waals surface area (Å²) in [6.45, 7) is 10.1. The number of carbonyl (C=O) groups excluding carboxylic acids is 1. The Bertz CT molecular complexity index is 902. The number of ether oxygens (including phenoxy) is 3. The fourth-order valence-electron chi connectivity index (χ4n) is 3.53. The molecule has 1 atom stereocenters. The van der Waals surface area contributed by atoms with Gasteiger partial charge in [0.15, 0.2) is 0 Å². The van der Waals surface area contributed by atoms with Gasteiger partial charge in [-0.3, -0.25) is 4.90 Å². The molecule has 0 radical (unpaired) electrons. The molecular weight excluding hydrogens is 437 g/mol. The fraction of sp³-hybridized carbons (Fsp3) is 0.458. The predicted molar refractivity (Wildman–Crippen MR) is 123 cm³/mol. The van der Waals surface area contributed by atoms with Crippen molar-refractivity contribution in [3.05, 3.63) is 63.6 Å². The van der Waals surface area contributed by atoms with Crippen LogP contribution in [0.25, 0.3) is 0 Å². The van der Waals surface area contributed by atoms with Gasteiger partial charge in [-0.2, -0.15) is 0 Å². The van der Waals surface area contributed by atoms with E-state index in [9.17, 15) is 4.79 Å². The summed E-state index contributed by atoms with van der Waals surface area (Å²) in [5, 5.41) is 1.16. The number of benzene rings is 2. The van der Waals surface area contributed by atoms with Gasteiger partial charge >= 0.3 is 6.09 Å². The second kappa shape index (κ2) is 9.27. The highest BCUT2D eigenvalue weighted by atomic mass is 35.5. The third-order valence-corrected chi connectivity index (χ3v) is 5.71. The molecule has 0 spiro atoms. The third kappa shape index (κ3) is 6.06. The maximum absolute atomic E-state index is 12.8. The molecule has 0 saturated carbocycles. The molecule has 1 fully saturated rings. The van der Waals surface area contributed by atoms with Gasteiger partial charge in [0, 0.05) is 15.6 Å². The standard InChI is InChI=1S/C24H29Cl2NO4/c1-23(2,3)31-22(28)27-17(14-30-24(27,4)5)13-16-9-11-18(12-10-16)29-15-19-20(25)7-6-8-21(19)26/h6-12,17H,13-15H2,1-5H3/t17-/m1/s1. The van der Waals surface area contributed by atoms with Crippen LogP contribution in [0, 0.1) is 0 Å². The van der Waals surface area contributed by atoms with Crippen LogP contribution in [0.1, 0.15) is 45.7 Å². The average molecular weight is 466 g/mol. The van der Waals surface area contributed by atoms with E-state index in [2.05, 4.69) is 0 Å². The second-order valence-corrected chi connectivity index (χ2v) is 9.91. The van der Waals surface area contributed by atoms with Crippen LogP contribution in [0.15, 0.2) is 42.5 Å². The summed E-state index contributed by atoms with van der Waals surface area (Å²) in [5.74, 6) is 0.715. The molecule has 0 aromatic heterocycles. The van der Waals surface area contributed by atoms with Gasteiger partial charge in [-0.1, -0.05) is 41.4 Å². The first-order valence-corrected chi connectivity index (χ1v) is 11.0. The van der Waals surface area contributed by atoms with Gasteiger partial charge in [0.05, 0.1) is 12.6 Å². The summed E-state index contributed by atoms with van der Waals surface area (Å²) in [5.41, 5.74) is 0.546. The number of nitrogens with zero attached hydrogens (tertiary/aromatic N) is 1. The molecule has 2 aromatic carbocycles. The van der Waals surface area contributed by atoms with Crippen molar-refractivity contribution in [1.82, 2.24) is 4.90 Å². The molecule has 3 rings (SSSR count). The first kappa shape index (κ1) is 23.7. The molecule has 0 aliphatic carbocycles. The lowest BCUT2D eigenvalue weighted by Crippen LogP contribution is -2.50. The molecule has 1 saturated heterocycles. The van der Waals surface area contributed by atoms with Crippen LogP contribution < -0.4 is 4.74 Å². The zero-order valence-corrected chi connectivity index (χ0v) is 20.1. The van der Waals surface area contributed by atoms with Gasteiger partial charge in [-0.15, -0.1) is 0 Å². The van der Waals surface area contributed by atoms with Crippen molar-refractivity contribution in [2.24, 2.45) is 0 Å². The van der Waals surface area contributed by atoms with Crippen molar-refractivity contribution in [3.63, 3.8) is 0 Å². The van der Waals surface area contributed by atoms with Crippen LogP contribution in [0.3, 0.4) is 0 Å². The van der Waals surface area contributed by atoms with Crippen molar-refractivity contribution in [2.75, 3.05) is 6.61 Å². The quantitative estimate of drug-likeness (QED) is 0.506. The number of hydrogen-bond donors (Lipinski definition) is 0. The minimum atomic E-state index is -0.718. The minimum absolute atomic E-state index is 0.112. The zero-order valence-electron chi connectivity index (χ0n) is 18.6. The van der Waals surface area contributed by atoms with Crippen molar-refractivity contribution >= 4 is 29.3 Å². The van der Waals surface area contributed by atoms with Gasteiger partial charge in [0.2, 0.25) is 0 Å². The Morgan fingerprint density at radius 1 is 1.13 bits per heavy atom. The average Bonchev–Trinajstić information content (AvgIpc) is 2.95. The molecule has 2 aromatic rings. The van der Waals surface area contributed by atoms with Crippen LogP contribution >= 0.6 is 23.2 Å². The smallest absolute Gasteiger partial charge is 0.412 e. The maximum Gasteiger partial charge on any atom is 0.412 e. The Labute approximate surface area is 194 Å². The Hall–Kier alpha value is -1.95. The lowest BCUT2D eigenvalue weighted by molar-refractivity contribution is -0.0624. The normalized spacial score (nSPS) is 18.2. The van der Waals surface area contributed by atoms with Gasteiger partial charge < -0.3 is 14.2 Å². The summed E-state index contributed by atoms with van der Waals surface area (Å²) < 4.78 is 17.3. The topological polar surface area (TPSA) is 48.0 Å². The highest BCUT2D eigenvalue weighted by molar-refractivity contribution is 6.35. The van der Waals surface area contributed by atoms with Crippen LogP contribution in [-0.2, 0) is 22.5 Å². The molecule has 0 bridgehead atoms. The Morgan fingerprint density at radius 2 is 1.74 bits per heavy atom. The molecule has 0 unspecified atom stereocenters. The SMILES string of the molecule is CC(C)(C)OC(=O)N1[C@H](Cc2ccc(OCc3c(Cl)cccc3Cl)cc2)COC1(C)C. The molecule has 1 aliphatic rings. The molecule has 5 nitrogen and oxygen atoms in total. The van der Waals surface area contributed by atoms with Crippen molar-refractivity contribution in [1.29, 1.82) is 0 Å². The predicted octanol–water partition coefficient (Wildman–Crippen LogP) is 6.49. The highest BCUT2D eigenvalue weighted by Gasteiger charge is 2.45. The van der Waals surface area contributed by atoms with E-state index in [0.717, 1.165) is 11.1 Å². The molecular formula is C24H29Cl2NO4. The number of amides is 1. The van der Waals surface area contributed by atoms with E-state index in [1.165, 1.54) is 0 Å². The summed E-state index contributed by atoms with van der Waals surface area (Å²) in [6.07, 6.45) is 0.288. The lowest BCUT2D eigenvalue weighted by atomic mass is 10.0. The van der Waals surface area contributed by atoms with Gasteiger partial charge in [0.1, 0.15) is 23.7 Å². The van der Waals surface area contributed by atoms with E-state index in [0.29, 0.717) is 28.8 Å². The first-order valence-electron chi connectivity index (χ1n) is 10.3. The summed E-state index contributed by atoms with van der Waals surface area (Å²) in [4.78, 5) is 14.5. The van der Waals surface area contributed by atoms with Crippen molar-refractivity contribution in [3.8, 4) is 5.75 Å². The first-order chi connectivity index (χ1) is 14.5. The summed E-state index contributed by atoms with van der Waals surface area (Å²) in [6, 6.07) is 13.0. The number of halogens is 2. The Kier molecular flexibility index (Phi) is 7.09. The van der Waals surface area contributed by atoms with E-state index >= 15 is 0 Å². The van der Waals surface area contributed by atoms with E-state index in [4.69, 9.17) is 37.4 Å². The molecule has 0 N–H and O–H groups in total. The zero-order chi connectivity index (χ0) is 22.8. The van der Waals surface area contributed by atoms with Gasteiger partial charge in [-0.25, -0.2) is 4.79 Å². The largest absolute Gasteiger partial charge is 0.489 e. The molecule has 31 heavy (non-hydrogen) atoms. The summed E-state index contributed by atoms with van der Waals surface area (Å²) >= 11 is 12.4. The Balaban J connectivity index is 1.65. The van der Waals surface area contributed by atoms with Crippen LogP contribution in [-0.4, -0.2) is 35.0 Å². The molecule has 7 heteroatoms. The molecule has 1 aliphatic heterocycles. The number of carbonyl (C=O) groups is 1. The van der Waals surface area contributed by atoms with Crippen LogP contribution in [0.2, 0.25) is 10.0 Å². The van der Waals surface area contributed by atoms with Crippen molar-refractivity contribution < 1.29 is 19.0 Å². The van der Waals surface area contributed by atoms with E-state index in [1.54, 1.807) is 23.1 Å². The number of hydrogen-bond acceptors (Lipinski definition) is 4. The fourth-order valence-corrected chi connectivity index (χ4v) is 4.04. The van der Waals surface area contributed by atoms with Gasteiger partial charge in [0.25, 0.3) is 0 Å². The monoisotopic (exact) mass is 465 g/mol. The third-order valence-electron chi connectivity index (χ3n) is 5.00. The molecule has 1 heterocycles. The van der Waals surface area contributed by atoms with Crippen LogP contribution in [0.5, 0.6) is 5.75 Å². The molecule has 168 valence electrons. The van der Waals surface area contributed by atoms with E-state index in [-0.39, 0.29) is 18.7 Å². The van der Waals surface area contributed by atoms with Gasteiger partial charge in [-0.05, 0) is 70.9 Å².